The molecule has 20 heavy (non-hydrogen) atoms. The summed E-state index contributed by atoms with van der Waals surface area (Å²) in [6.45, 7) is 0. The van der Waals surface area contributed by atoms with Crippen molar-refractivity contribution in [1.29, 1.82) is 0 Å². The average molecular weight is 271 g/mol. The Morgan fingerprint density at radius 2 is 1.80 bits per heavy atom. The highest BCUT2D eigenvalue weighted by molar-refractivity contribution is 7.20. The number of benzene rings is 1. The highest BCUT2D eigenvalue weighted by Crippen LogP contribution is 2.65. The number of carbonyl (C=O) groups is 1. The number of nitrogens with two attached hydrogens (primary N) is 1. The van der Waals surface area contributed by atoms with Gasteiger partial charge in [0.25, 0.3) is 6.13 Å². The number of hydrogen-bond acceptors (Lipinski definition) is 2. The topological polar surface area (TPSA) is 43.1 Å². The fourth-order valence-electron chi connectivity index (χ4n) is 3.23. The summed E-state index contributed by atoms with van der Waals surface area (Å²) in [5, 5.41) is -3.30. The zero-order valence-electron chi connectivity index (χ0n) is 10.6. The summed E-state index contributed by atoms with van der Waals surface area (Å²) in [5.41, 5.74) is 5.93. The molecule has 0 bridgehead atoms. The SMILES string of the molecule is [B]C1=CC(=O)C2(N)c3ccccc3B(Cl)C2([B])C1([B])[B]. The van der Waals surface area contributed by atoms with Crippen molar-refractivity contribution in [3.05, 3.63) is 41.4 Å². The van der Waals surface area contributed by atoms with Gasteiger partial charge >= 0.3 is 0 Å². The van der Waals surface area contributed by atoms with Crippen LogP contribution in [0.1, 0.15) is 5.56 Å². The Hall–Kier alpha value is -0.795. The minimum Gasteiger partial charge on any atom is -0.316 e. The Balaban J connectivity index is 2.41. The number of halogens is 1. The summed E-state index contributed by atoms with van der Waals surface area (Å²) in [6.07, 6.45) is 0.325. The molecule has 0 spiro atoms. The van der Waals surface area contributed by atoms with Gasteiger partial charge < -0.3 is 5.73 Å². The van der Waals surface area contributed by atoms with E-state index in [-0.39, 0.29) is 5.47 Å². The first kappa shape index (κ1) is 14.2. The lowest BCUT2D eigenvalue weighted by atomic mass is 9.17. The van der Waals surface area contributed by atoms with Crippen LogP contribution < -0.4 is 11.2 Å². The monoisotopic (exact) mass is 271 g/mol. The summed E-state index contributed by atoms with van der Waals surface area (Å²) in [5.74, 6) is -0.445. The minimum atomic E-state index is -1.69. The van der Waals surface area contributed by atoms with Crippen LogP contribution >= 0.6 is 11.5 Å². The summed E-state index contributed by atoms with van der Waals surface area (Å²) in [6, 6.07) is 7.01. The summed E-state index contributed by atoms with van der Waals surface area (Å²) >= 11 is 6.46. The van der Waals surface area contributed by atoms with Gasteiger partial charge in [0.1, 0.15) is 7.85 Å². The molecule has 0 fully saturated rings. The zero-order valence-corrected chi connectivity index (χ0v) is 11.4. The van der Waals surface area contributed by atoms with Gasteiger partial charge in [0.15, 0.2) is 5.78 Å². The van der Waals surface area contributed by atoms with Crippen molar-refractivity contribution in [1.82, 2.24) is 0 Å². The zero-order chi connectivity index (χ0) is 14.9. The largest absolute Gasteiger partial charge is 0.316 e. The normalized spacial score (nSPS) is 34.4. The van der Waals surface area contributed by atoms with Crippen molar-refractivity contribution in [2.24, 2.45) is 5.73 Å². The van der Waals surface area contributed by atoms with Gasteiger partial charge in [0, 0.05) is 0 Å². The van der Waals surface area contributed by atoms with Crippen LogP contribution in [0.25, 0.3) is 0 Å². The predicted molar refractivity (Wildman–Crippen MR) is 85.0 cm³/mol. The third-order valence-electron chi connectivity index (χ3n) is 4.55. The molecule has 88 valence electrons. The molecule has 1 aliphatic heterocycles. The summed E-state index contributed by atoms with van der Waals surface area (Å²) in [7, 11) is 24.4. The van der Waals surface area contributed by atoms with E-state index >= 15 is 0 Å². The van der Waals surface area contributed by atoms with E-state index in [1.165, 1.54) is 0 Å². The number of hydrogen-bond donors (Lipinski definition) is 1. The van der Waals surface area contributed by atoms with Crippen LogP contribution in [0.3, 0.4) is 0 Å². The van der Waals surface area contributed by atoms with Crippen molar-refractivity contribution < 1.29 is 4.79 Å². The Kier molecular flexibility index (Phi) is 2.76. The Bertz CT molecular complexity index is 663. The standard InChI is InChI=1S/C12H7B5ClNO/c13-8-5-9(20)10(19)6-3-1-2-4-7(6)17(18)12(10,16)11(8,14)15/h1-5H,19H2. The molecule has 2 nitrogen and oxygen atoms in total. The van der Waals surface area contributed by atoms with E-state index < -0.39 is 27.9 Å². The van der Waals surface area contributed by atoms with E-state index in [1.807, 2.05) is 0 Å². The molecular weight excluding hydrogens is 264 g/mol. The van der Waals surface area contributed by atoms with Crippen LogP contribution in [0.15, 0.2) is 35.8 Å². The molecular formula is C12H7B5ClNO. The molecule has 8 radical (unpaired) electrons. The smallest absolute Gasteiger partial charge is 0.283 e. The Morgan fingerprint density at radius 1 is 1.20 bits per heavy atom. The second kappa shape index (κ2) is 3.89. The first-order chi connectivity index (χ1) is 9.19. The Labute approximate surface area is 128 Å². The van der Waals surface area contributed by atoms with Gasteiger partial charge in [-0.15, -0.1) is 5.47 Å². The van der Waals surface area contributed by atoms with Gasteiger partial charge in [-0.3, -0.25) is 4.79 Å². The number of allylic oxidation sites excluding steroid dienone is 1. The van der Waals surface area contributed by atoms with E-state index in [1.54, 1.807) is 24.3 Å². The van der Waals surface area contributed by atoms with Crippen molar-refractivity contribution in [3.8, 4) is 0 Å². The first-order valence-corrected chi connectivity index (χ1v) is 6.53. The van der Waals surface area contributed by atoms with Crippen molar-refractivity contribution in [2.45, 2.75) is 16.0 Å². The van der Waals surface area contributed by atoms with E-state index in [0.717, 1.165) is 6.08 Å². The second-order valence-corrected chi connectivity index (χ2v) is 5.90. The highest BCUT2D eigenvalue weighted by Gasteiger charge is 2.68. The predicted octanol–water partition coefficient (Wildman–Crippen LogP) is -0.754. The molecule has 1 heterocycles. The maximum Gasteiger partial charge on any atom is 0.283 e. The fraction of sp³-hybridized carbons (Fsp3) is 0.250. The molecule has 2 N–H and O–H groups in total. The average Bonchev–Trinajstić information content (AvgIpc) is 2.60. The minimum absolute atomic E-state index is 0.0236. The third-order valence-corrected chi connectivity index (χ3v) is 5.13. The van der Waals surface area contributed by atoms with Gasteiger partial charge in [-0.05, 0) is 16.9 Å². The molecule has 0 aromatic heterocycles. The van der Waals surface area contributed by atoms with Gasteiger partial charge in [-0.1, -0.05) is 34.9 Å². The number of ketones is 1. The lowest BCUT2D eigenvalue weighted by Crippen LogP contribution is -2.62. The number of carbonyl (C=O) groups excluding carboxylic acids is 1. The van der Waals surface area contributed by atoms with Gasteiger partial charge in [-0.25, -0.2) is 0 Å². The van der Waals surface area contributed by atoms with Crippen LogP contribution in [0.4, 0.5) is 0 Å². The maximum atomic E-state index is 12.5. The quantitative estimate of drug-likeness (QED) is 0.630. The third kappa shape index (κ3) is 1.25. The van der Waals surface area contributed by atoms with E-state index in [9.17, 15) is 4.79 Å². The molecule has 8 heteroatoms. The van der Waals surface area contributed by atoms with E-state index in [4.69, 9.17) is 48.6 Å². The molecule has 2 aliphatic rings. The second-order valence-electron chi connectivity index (χ2n) is 5.46. The van der Waals surface area contributed by atoms with E-state index in [0.29, 0.717) is 11.0 Å². The van der Waals surface area contributed by atoms with Crippen molar-refractivity contribution in [3.63, 3.8) is 0 Å². The molecule has 0 saturated carbocycles. The van der Waals surface area contributed by atoms with E-state index in [2.05, 4.69) is 0 Å². The first-order valence-electron chi connectivity index (χ1n) is 6.10. The van der Waals surface area contributed by atoms with Crippen LogP contribution in [0.5, 0.6) is 0 Å². The molecule has 0 saturated heterocycles. The molecule has 1 aromatic rings. The molecule has 1 aromatic carbocycles. The molecule has 3 rings (SSSR count). The number of rotatable bonds is 0. The van der Waals surface area contributed by atoms with Crippen LogP contribution in [-0.2, 0) is 10.3 Å². The van der Waals surface area contributed by atoms with Crippen molar-refractivity contribution >= 4 is 60.2 Å². The Morgan fingerprint density at radius 3 is 2.45 bits per heavy atom. The molecule has 0 amide bonds. The van der Waals surface area contributed by atoms with Crippen LogP contribution in [0.2, 0.25) is 10.4 Å². The number of fused-ring (bicyclic) bond motifs is 3. The lowest BCUT2D eigenvalue weighted by molar-refractivity contribution is -0.120. The van der Waals surface area contributed by atoms with Gasteiger partial charge in [0.05, 0.1) is 29.1 Å². The fourth-order valence-corrected chi connectivity index (χ4v) is 3.77. The molecule has 2 atom stereocenters. The van der Waals surface area contributed by atoms with Crippen LogP contribution in [0, 0.1) is 0 Å². The van der Waals surface area contributed by atoms with Gasteiger partial charge in [0.2, 0.25) is 0 Å². The van der Waals surface area contributed by atoms with Crippen LogP contribution in [-0.4, -0.2) is 43.3 Å². The maximum absolute atomic E-state index is 12.5. The summed E-state index contributed by atoms with van der Waals surface area (Å²) < 4.78 is 0. The van der Waals surface area contributed by atoms with Crippen molar-refractivity contribution in [2.75, 3.05) is 0 Å². The van der Waals surface area contributed by atoms with Gasteiger partial charge in [-0.2, -0.15) is 11.5 Å². The highest BCUT2D eigenvalue weighted by atomic mass is 35.5. The lowest BCUT2D eigenvalue weighted by Gasteiger charge is -2.57. The molecule has 2 unspecified atom stereocenters. The summed E-state index contributed by atoms with van der Waals surface area (Å²) in [4.78, 5) is 12.5. The molecule has 1 aliphatic carbocycles.